The first-order valence-corrected chi connectivity index (χ1v) is 23.1. The molecule has 6 aromatic rings. The molecule has 0 N–H and O–H groups in total. The molecule has 1 aliphatic carbocycles. The normalized spacial score (nSPS) is 13.5. The monoisotopic (exact) mass is 886 g/mol. The van der Waals surface area contributed by atoms with Gasteiger partial charge >= 0.3 is 352 Å². The van der Waals surface area contributed by atoms with Crippen LogP contribution in [0.4, 0.5) is 0 Å². The van der Waals surface area contributed by atoms with E-state index in [9.17, 15) is 0 Å². The summed E-state index contributed by atoms with van der Waals surface area (Å²) in [6, 6.07) is 48.8. The molecule has 5 heteroatoms. The van der Waals surface area contributed by atoms with Gasteiger partial charge in [-0.05, 0) is 0 Å². The molecular formula is C54H57Cl3SiTi. The maximum absolute atomic E-state index is 3.09. The van der Waals surface area contributed by atoms with Gasteiger partial charge in [0.05, 0.1) is 0 Å². The van der Waals surface area contributed by atoms with Crippen molar-refractivity contribution in [2.75, 3.05) is 0 Å². The average molecular weight is 888 g/mol. The van der Waals surface area contributed by atoms with Gasteiger partial charge < -0.3 is 37.2 Å². The minimum Gasteiger partial charge on any atom is -1.00 e. The summed E-state index contributed by atoms with van der Waals surface area (Å²) >= 11 is 2.65. The van der Waals surface area contributed by atoms with Gasteiger partial charge in [-0.2, -0.15) is 0 Å². The van der Waals surface area contributed by atoms with Crippen LogP contribution in [0.1, 0.15) is 94.5 Å². The number of hydrogen-bond acceptors (Lipinski definition) is 0. The number of rotatable bonds is 10. The SMILES string of the molecule is CC1=C(C)[C]([Ti+3])([Si](c2cc(Cc3ccccc3)c(C)cc2C)(c2cc(Cc3ccccc3)c(C)cc2C)c2cc(Cc3ccccc3)c(C)cc2C)C(C)=C1C.[Cl-].[Cl-].[Cl-]. The molecule has 0 heterocycles. The summed E-state index contributed by atoms with van der Waals surface area (Å²) < 4.78 is -0.223. The van der Waals surface area contributed by atoms with Crippen molar-refractivity contribution in [3.63, 3.8) is 0 Å². The molecule has 0 saturated carbocycles. The van der Waals surface area contributed by atoms with Crippen LogP contribution in [0, 0.1) is 41.5 Å². The Hall–Kier alpha value is -3.40. The van der Waals surface area contributed by atoms with E-state index >= 15 is 0 Å². The number of halogens is 3. The maximum atomic E-state index is 2.69. The molecular weight excluding hydrogens is 831 g/mol. The van der Waals surface area contributed by atoms with Gasteiger partial charge in [-0.15, -0.1) is 0 Å². The first-order chi connectivity index (χ1) is 26.8. The van der Waals surface area contributed by atoms with Gasteiger partial charge in [-0.25, -0.2) is 0 Å². The first-order valence-electron chi connectivity index (χ1n) is 20.3. The molecule has 7 rings (SSSR count). The van der Waals surface area contributed by atoms with Gasteiger partial charge in [0.2, 0.25) is 0 Å². The molecule has 302 valence electrons. The predicted octanol–water partition coefficient (Wildman–Crippen LogP) is 2.72. The molecule has 0 saturated heterocycles. The Balaban J connectivity index is 0.00000256. The zero-order valence-corrected chi connectivity index (χ0v) is 41.2. The molecule has 0 amide bonds. The van der Waals surface area contributed by atoms with E-state index < -0.39 is 8.07 Å². The fourth-order valence-corrected chi connectivity index (χ4v) is 19.2. The number of hydrogen-bond donors (Lipinski definition) is 0. The van der Waals surface area contributed by atoms with Crippen LogP contribution in [0.2, 0.25) is 3.34 Å². The van der Waals surface area contributed by atoms with Gasteiger partial charge in [-0.1, -0.05) is 0 Å². The molecule has 0 spiro atoms. The van der Waals surface area contributed by atoms with E-state index in [1.807, 2.05) is 0 Å². The van der Waals surface area contributed by atoms with Crippen LogP contribution in [0.15, 0.2) is 150 Å². The van der Waals surface area contributed by atoms with E-state index in [-0.39, 0.29) is 40.6 Å². The Kier molecular flexibility index (Phi) is 16.0. The zero-order chi connectivity index (χ0) is 39.9. The number of aryl methyl sites for hydroxylation is 6. The van der Waals surface area contributed by atoms with Gasteiger partial charge in [0.25, 0.3) is 0 Å². The topological polar surface area (TPSA) is 0 Å². The molecule has 1 aliphatic rings. The Bertz CT molecular complexity index is 2240. The molecule has 0 atom stereocenters. The number of allylic oxidation sites excluding steroid dienone is 4. The van der Waals surface area contributed by atoms with Crippen LogP contribution >= 0.6 is 0 Å². The standard InChI is InChI=1S/C54H57Si.3ClH.Ti/c1-35-26-38(4)51(32-48(35)29-45-20-14-11-15-21-45)55(54-43(9)41(7)42(8)44(54)10,52-33-49(36(2)27-39(52)5)30-46-22-16-12-17-23-46)53-34-50(37(3)28-40(53)6)31-47-24-18-13-19-25-47;;;;/h11-28,32-34H,29-31H2,1-10H3;3*1H;/q;;;;+3/p-3. The van der Waals surface area contributed by atoms with Gasteiger partial charge in [0.1, 0.15) is 0 Å². The minimum absolute atomic E-state index is 0. The summed E-state index contributed by atoms with van der Waals surface area (Å²) in [7, 11) is -3.09. The predicted molar refractivity (Wildman–Crippen MR) is 240 cm³/mol. The molecule has 0 aromatic heterocycles. The van der Waals surface area contributed by atoms with Crippen LogP contribution in [-0.2, 0) is 39.7 Å². The molecule has 0 radical (unpaired) electrons. The van der Waals surface area contributed by atoms with Crippen LogP contribution in [0.5, 0.6) is 0 Å². The van der Waals surface area contributed by atoms with Crippen molar-refractivity contribution in [2.45, 2.75) is 91.8 Å². The second-order valence-corrected chi connectivity index (χ2v) is 22.6. The van der Waals surface area contributed by atoms with Gasteiger partial charge in [0, 0.05) is 0 Å². The summed E-state index contributed by atoms with van der Waals surface area (Å²) in [5.74, 6) is 0. The molecule has 0 aliphatic heterocycles. The Morgan fingerprint density at radius 2 is 0.627 bits per heavy atom. The van der Waals surface area contributed by atoms with E-state index in [0.717, 1.165) is 19.3 Å². The van der Waals surface area contributed by atoms with E-state index in [1.165, 1.54) is 89.1 Å². The van der Waals surface area contributed by atoms with Crippen LogP contribution in [0.25, 0.3) is 0 Å². The molecule has 6 aromatic carbocycles. The Morgan fingerprint density at radius 3 is 0.881 bits per heavy atom. The Labute approximate surface area is 386 Å². The molecule has 0 bridgehead atoms. The average Bonchev–Trinajstić information content (AvgIpc) is 3.33. The molecule has 0 unspecified atom stereocenters. The van der Waals surface area contributed by atoms with Crippen molar-refractivity contribution in [3.05, 3.63) is 216 Å². The summed E-state index contributed by atoms with van der Waals surface area (Å²) in [6.45, 7) is 23.9. The first kappa shape index (κ1) is 48.3. The zero-order valence-electron chi connectivity index (χ0n) is 36.4. The molecule has 59 heavy (non-hydrogen) atoms. The van der Waals surface area contributed by atoms with Crippen molar-refractivity contribution in [2.24, 2.45) is 0 Å². The number of benzene rings is 6. The van der Waals surface area contributed by atoms with Crippen LogP contribution < -0.4 is 52.8 Å². The molecule has 0 nitrogen and oxygen atoms in total. The summed E-state index contributed by atoms with van der Waals surface area (Å²) in [6.07, 6.45) is 2.75. The largest absolute Gasteiger partial charge is 1.00 e. The van der Waals surface area contributed by atoms with Crippen molar-refractivity contribution < 1.29 is 57.7 Å². The van der Waals surface area contributed by atoms with E-state index in [4.69, 9.17) is 0 Å². The van der Waals surface area contributed by atoms with Crippen molar-refractivity contribution in [1.82, 2.24) is 0 Å². The van der Waals surface area contributed by atoms with Crippen LogP contribution in [0.3, 0.4) is 0 Å². The fraction of sp³-hybridized carbons (Fsp3) is 0.259. The third-order valence-electron chi connectivity index (χ3n) is 13.3. The summed E-state index contributed by atoms with van der Waals surface area (Å²) in [4.78, 5) is 0. The van der Waals surface area contributed by atoms with E-state index in [1.54, 1.807) is 15.6 Å². The van der Waals surface area contributed by atoms with E-state index in [2.05, 4.69) is 217 Å². The Morgan fingerprint density at radius 1 is 0.373 bits per heavy atom. The van der Waals surface area contributed by atoms with Crippen molar-refractivity contribution in [3.8, 4) is 0 Å². The smallest absolute Gasteiger partial charge is 1.00 e. The minimum atomic E-state index is -3.09. The van der Waals surface area contributed by atoms with Crippen molar-refractivity contribution in [1.29, 1.82) is 0 Å². The summed E-state index contributed by atoms with van der Waals surface area (Å²) in [5.41, 5.74) is 22.7. The van der Waals surface area contributed by atoms with Gasteiger partial charge in [0.15, 0.2) is 0 Å². The fourth-order valence-electron chi connectivity index (χ4n) is 9.93. The second kappa shape index (κ2) is 19.5. The second-order valence-electron chi connectivity index (χ2n) is 16.8. The third-order valence-corrected chi connectivity index (χ3v) is 22.2. The van der Waals surface area contributed by atoms with Crippen LogP contribution in [-0.4, -0.2) is 8.07 Å². The maximum Gasteiger partial charge on any atom is -1.00 e. The summed E-state index contributed by atoms with van der Waals surface area (Å²) in [5, 5.41) is 4.65. The van der Waals surface area contributed by atoms with E-state index in [0.29, 0.717) is 0 Å². The third kappa shape index (κ3) is 8.72. The quantitative estimate of drug-likeness (QED) is 0.147. The van der Waals surface area contributed by atoms with Gasteiger partial charge in [-0.3, -0.25) is 0 Å². The van der Waals surface area contributed by atoms with Crippen molar-refractivity contribution >= 4 is 23.6 Å². The molecule has 0 fully saturated rings.